The summed E-state index contributed by atoms with van der Waals surface area (Å²) in [5.41, 5.74) is 13.1. The lowest BCUT2D eigenvalue weighted by molar-refractivity contribution is 0.664. The Bertz CT molecular complexity index is 252. The zero-order chi connectivity index (χ0) is 8.43. The van der Waals surface area contributed by atoms with Gasteiger partial charge in [0.05, 0.1) is 11.4 Å². The highest BCUT2D eigenvalue weighted by atomic mass is 32.2. The minimum absolute atomic E-state index is 0.515. The van der Waals surface area contributed by atoms with Gasteiger partial charge in [0, 0.05) is 16.9 Å². The van der Waals surface area contributed by atoms with Crippen molar-refractivity contribution in [2.45, 2.75) is 11.8 Å². The van der Waals surface area contributed by atoms with Gasteiger partial charge in [-0.1, -0.05) is 0 Å². The van der Waals surface area contributed by atoms with E-state index < -0.39 is 0 Å². The molecule has 0 aliphatic rings. The molecule has 0 amide bonds. The topological polar surface area (TPSA) is 72.3 Å². The summed E-state index contributed by atoms with van der Waals surface area (Å²) >= 11 is 0.670. The third-order valence-electron chi connectivity index (χ3n) is 1.50. The van der Waals surface area contributed by atoms with Gasteiger partial charge in [-0.05, 0) is 24.6 Å². The fraction of sp³-hybridized carbons (Fsp3) is 0.143. The van der Waals surface area contributed by atoms with Crippen LogP contribution in [0.4, 0.5) is 11.4 Å². The van der Waals surface area contributed by atoms with Gasteiger partial charge in [-0.2, -0.15) is 0 Å². The second-order valence-electron chi connectivity index (χ2n) is 2.33. The van der Waals surface area contributed by atoms with E-state index in [0.717, 1.165) is 5.56 Å². The predicted octanol–water partition coefficient (Wildman–Crippen LogP) is 1.72. The van der Waals surface area contributed by atoms with Gasteiger partial charge in [-0.3, -0.25) is 0 Å². The van der Waals surface area contributed by atoms with E-state index in [0.29, 0.717) is 28.3 Å². The van der Waals surface area contributed by atoms with Crippen molar-refractivity contribution in [2.75, 3.05) is 11.5 Å². The Hall–Kier alpha value is -0.870. The van der Waals surface area contributed by atoms with Crippen LogP contribution in [0.5, 0.6) is 0 Å². The van der Waals surface area contributed by atoms with Crippen molar-refractivity contribution in [1.82, 2.24) is 0 Å². The normalized spacial score (nSPS) is 10.0. The molecule has 0 unspecified atom stereocenters. The molecule has 0 atom stereocenters. The number of anilines is 2. The molecule has 0 saturated heterocycles. The van der Waals surface area contributed by atoms with Crippen molar-refractivity contribution in [3.8, 4) is 0 Å². The first kappa shape index (κ1) is 8.23. The highest BCUT2D eigenvalue weighted by Crippen LogP contribution is 2.26. The van der Waals surface area contributed by atoms with Crippen LogP contribution in [0.3, 0.4) is 0 Å². The van der Waals surface area contributed by atoms with Gasteiger partial charge >= 0.3 is 0 Å². The van der Waals surface area contributed by atoms with Gasteiger partial charge in [-0.25, -0.2) is 0 Å². The van der Waals surface area contributed by atoms with Crippen molar-refractivity contribution < 1.29 is 4.55 Å². The first-order valence-electron chi connectivity index (χ1n) is 3.12. The van der Waals surface area contributed by atoms with Crippen molar-refractivity contribution in [1.29, 1.82) is 0 Å². The first-order valence-corrected chi connectivity index (χ1v) is 3.89. The van der Waals surface area contributed by atoms with Crippen LogP contribution in [0.1, 0.15) is 5.56 Å². The largest absolute Gasteiger partial charge is 0.397 e. The van der Waals surface area contributed by atoms with E-state index in [4.69, 9.17) is 16.0 Å². The van der Waals surface area contributed by atoms with Gasteiger partial charge in [0.1, 0.15) is 0 Å². The van der Waals surface area contributed by atoms with Gasteiger partial charge in [0.25, 0.3) is 0 Å². The number of hydrogen-bond donors (Lipinski definition) is 3. The Morgan fingerprint density at radius 3 is 2.45 bits per heavy atom. The van der Waals surface area contributed by atoms with E-state index in [1.165, 1.54) is 0 Å². The van der Waals surface area contributed by atoms with Crippen LogP contribution in [-0.2, 0) is 0 Å². The van der Waals surface area contributed by atoms with Crippen LogP contribution in [0.25, 0.3) is 0 Å². The monoisotopic (exact) mass is 170 g/mol. The molecule has 11 heavy (non-hydrogen) atoms. The van der Waals surface area contributed by atoms with Crippen molar-refractivity contribution in [2.24, 2.45) is 0 Å². The Kier molecular flexibility index (Phi) is 2.26. The molecule has 60 valence electrons. The second-order valence-corrected chi connectivity index (χ2v) is 2.99. The van der Waals surface area contributed by atoms with E-state index in [2.05, 4.69) is 0 Å². The molecule has 0 fully saturated rings. The van der Waals surface area contributed by atoms with Crippen LogP contribution in [-0.4, -0.2) is 4.55 Å². The Labute approximate surface area is 69.6 Å². The smallest absolute Gasteiger partial charge is 0.0578 e. The fourth-order valence-corrected chi connectivity index (χ4v) is 1.25. The molecular formula is C7H10N2OS. The molecule has 1 aromatic carbocycles. The zero-order valence-corrected chi connectivity index (χ0v) is 6.98. The van der Waals surface area contributed by atoms with Crippen molar-refractivity contribution >= 4 is 23.4 Å². The standard InChI is InChI=1S/C7H10N2OS/c1-4-2-5(11-10)3-6(8)7(4)9/h2-3,10H,8-9H2,1H3. The summed E-state index contributed by atoms with van der Waals surface area (Å²) in [6.45, 7) is 1.85. The summed E-state index contributed by atoms with van der Waals surface area (Å²) in [6.07, 6.45) is 0. The average Bonchev–Trinajstić information content (AvgIpc) is 1.99. The van der Waals surface area contributed by atoms with Crippen LogP contribution in [0.2, 0.25) is 0 Å². The van der Waals surface area contributed by atoms with Gasteiger partial charge in [-0.15, -0.1) is 0 Å². The second kappa shape index (κ2) is 3.02. The average molecular weight is 170 g/mol. The van der Waals surface area contributed by atoms with Crippen molar-refractivity contribution in [3.63, 3.8) is 0 Å². The van der Waals surface area contributed by atoms with Crippen LogP contribution >= 0.6 is 12.0 Å². The maximum atomic E-state index is 8.70. The molecule has 0 heterocycles. The highest BCUT2D eigenvalue weighted by Gasteiger charge is 2.01. The maximum absolute atomic E-state index is 8.70. The molecule has 0 saturated carbocycles. The van der Waals surface area contributed by atoms with Gasteiger partial charge in [0.15, 0.2) is 0 Å². The molecular weight excluding hydrogens is 160 g/mol. The molecule has 0 aliphatic heterocycles. The molecule has 1 rings (SSSR count). The zero-order valence-electron chi connectivity index (χ0n) is 6.16. The molecule has 0 aromatic heterocycles. The number of nitrogen functional groups attached to an aromatic ring is 2. The molecule has 0 aliphatic carbocycles. The number of hydrogen-bond acceptors (Lipinski definition) is 4. The molecule has 1 aromatic rings. The SMILES string of the molecule is Cc1cc(SO)cc(N)c1N. The van der Waals surface area contributed by atoms with Gasteiger partial charge < -0.3 is 16.0 Å². The van der Waals surface area contributed by atoms with E-state index >= 15 is 0 Å². The van der Waals surface area contributed by atoms with Crippen LogP contribution < -0.4 is 11.5 Å². The van der Waals surface area contributed by atoms with E-state index in [1.807, 2.05) is 6.92 Å². The quantitative estimate of drug-likeness (QED) is 0.443. The van der Waals surface area contributed by atoms with Gasteiger partial charge in [0.2, 0.25) is 0 Å². The molecule has 4 heteroatoms. The van der Waals surface area contributed by atoms with Crippen LogP contribution in [0.15, 0.2) is 17.0 Å². The summed E-state index contributed by atoms with van der Waals surface area (Å²) in [5.74, 6) is 0. The Balaban J connectivity index is 3.21. The summed E-state index contributed by atoms with van der Waals surface area (Å²) in [5, 5.41) is 0. The van der Waals surface area contributed by atoms with E-state index in [9.17, 15) is 0 Å². The fourth-order valence-electron chi connectivity index (χ4n) is 0.844. The minimum Gasteiger partial charge on any atom is -0.397 e. The summed E-state index contributed by atoms with van der Waals surface area (Å²) in [7, 11) is 0. The summed E-state index contributed by atoms with van der Waals surface area (Å²) in [4.78, 5) is 0.717. The Morgan fingerprint density at radius 1 is 1.36 bits per heavy atom. The maximum Gasteiger partial charge on any atom is 0.0578 e. The lowest BCUT2D eigenvalue weighted by atomic mass is 10.2. The summed E-state index contributed by atoms with van der Waals surface area (Å²) in [6, 6.07) is 3.43. The molecule has 0 radical (unpaired) electrons. The minimum atomic E-state index is 0.515. The molecule has 3 nitrogen and oxygen atoms in total. The van der Waals surface area contributed by atoms with Crippen molar-refractivity contribution in [3.05, 3.63) is 17.7 Å². The molecule has 5 N–H and O–H groups in total. The predicted molar refractivity (Wildman–Crippen MR) is 48.5 cm³/mol. The van der Waals surface area contributed by atoms with E-state index in [-0.39, 0.29) is 0 Å². The lowest BCUT2D eigenvalue weighted by Crippen LogP contribution is -1.97. The Morgan fingerprint density at radius 2 is 2.00 bits per heavy atom. The third kappa shape index (κ3) is 1.58. The number of rotatable bonds is 1. The number of nitrogens with two attached hydrogens (primary N) is 2. The highest BCUT2D eigenvalue weighted by molar-refractivity contribution is 7.93. The first-order chi connectivity index (χ1) is 5.15. The lowest BCUT2D eigenvalue weighted by Gasteiger charge is -2.05. The van der Waals surface area contributed by atoms with E-state index in [1.54, 1.807) is 12.1 Å². The third-order valence-corrected chi connectivity index (χ3v) is 1.94. The molecule has 0 spiro atoms. The summed E-state index contributed by atoms with van der Waals surface area (Å²) < 4.78 is 8.70. The van der Waals surface area contributed by atoms with Crippen LogP contribution in [0, 0.1) is 6.92 Å². The molecule has 0 bridgehead atoms. The number of aryl methyl sites for hydroxylation is 1. The number of benzene rings is 1.